The lowest BCUT2D eigenvalue weighted by Gasteiger charge is -2.20. The second-order valence-corrected chi connectivity index (χ2v) is 9.03. The third kappa shape index (κ3) is 4.93. The molecule has 1 atom stereocenters. The summed E-state index contributed by atoms with van der Waals surface area (Å²) in [4.78, 5) is 17.1. The van der Waals surface area contributed by atoms with Gasteiger partial charge in [-0.15, -0.1) is 5.10 Å². The van der Waals surface area contributed by atoms with E-state index in [1.807, 2.05) is 0 Å². The Morgan fingerprint density at radius 1 is 1.25 bits per heavy atom. The van der Waals surface area contributed by atoms with Crippen molar-refractivity contribution in [3.05, 3.63) is 69.7 Å². The van der Waals surface area contributed by atoms with Crippen molar-refractivity contribution in [3.8, 4) is 11.4 Å². The molecule has 2 heterocycles. The second kappa shape index (κ2) is 10.1. The van der Waals surface area contributed by atoms with Gasteiger partial charge in [0.15, 0.2) is 11.9 Å². The van der Waals surface area contributed by atoms with Gasteiger partial charge >= 0.3 is 11.9 Å². The van der Waals surface area contributed by atoms with E-state index in [0.29, 0.717) is 5.39 Å². The molecule has 4 aromatic rings. The number of benzene rings is 2. The van der Waals surface area contributed by atoms with Crippen molar-refractivity contribution < 1.29 is 27.4 Å². The van der Waals surface area contributed by atoms with Crippen LogP contribution < -0.4 is 10.4 Å². The van der Waals surface area contributed by atoms with E-state index in [4.69, 9.17) is 16.3 Å². The Kier molecular flexibility index (Phi) is 7.30. The summed E-state index contributed by atoms with van der Waals surface area (Å²) in [5.41, 5.74) is -0.470. The van der Waals surface area contributed by atoms with E-state index in [0.717, 1.165) is 23.4 Å². The lowest BCUT2D eigenvalue weighted by Crippen LogP contribution is -2.31. The van der Waals surface area contributed by atoms with Crippen LogP contribution in [0.1, 0.15) is 19.7 Å². The molecule has 0 aliphatic carbocycles. The molecule has 0 bridgehead atoms. The first-order chi connectivity index (χ1) is 17.0. The maximum Gasteiger partial charge on any atom is 0.425 e. The maximum absolute atomic E-state index is 14.5. The average molecular weight is 543 g/mol. The van der Waals surface area contributed by atoms with Gasteiger partial charge in [0.05, 0.1) is 21.0 Å². The Hall–Kier alpha value is -3.09. The Morgan fingerprint density at radius 2 is 2.00 bits per heavy atom. The van der Waals surface area contributed by atoms with Crippen LogP contribution >= 0.6 is 23.4 Å². The quantitative estimate of drug-likeness (QED) is 0.316. The molecule has 0 aliphatic heterocycles. The zero-order chi connectivity index (χ0) is 26.2. The maximum atomic E-state index is 14.5. The van der Waals surface area contributed by atoms with Crippen molar-refractivity contribution in [2.45, 2.75) is 49.2 Å². The highest BCUT2D eigenvalue weighted by atomic mass is 35.5. The van der Waals surface area contributed by atoms with Crippen LogP contribution in [0.3, 0.4) is 0 Å². The minimum absolute atomic E-state index is 0.0450. The molecule has 2 aromatic carbocycles. The van der Waals surface area contributed by atoms with E-state index >= 15 is 0 Å². The molecular weight excluding hydrogens is 524 g/mol. The van der Waals surface area contributed by atoms with Crippen LogP contribution in [0.25, 0.3) is 16.5 Å². The Balaban J connectivity index is 1.95. The minimum atomic E-state index is -4.68. The number of ether oxygens (including phenoxy) is 1. The number of hydrogen-bond donors (Lipinski definition) is 1. The molecule has 0 saturated heterocycles. The standard InChI is InChI=1S/C23H19ClF4N4O3S/c1-3-31-18(11-33)30-32(22(31)34)14-9-13-7-8-29-21(36-20-15(24)5-4-6-16(20)25)19(13)17(10-14)35-12(2)23(26,27)28/h4-10,12,33H,3,11H2,1-2H3. The number of hydrogen-bond acceptors (Lipinski definition) is 6. The van der Waals surface area contributed by atoms with Crippen molar-refractivity contribution >= 4 is 34.1 Å². The lowest BCUT2D eigenvalue weighted by atomic mass is 10.1. The highest BCUT2D eigenvalue weighted by Crippen LogP contribution is 2.42. The van der Waals surface area contributed by atoms with Crippen LogP contribution in [0.2, 0.25) is 5.02 Å². The van der Waals surface area contributed by atoms with Gasteiger partial charge in [-0.1, -0.05) is 29.4 Å². The fraction of sp³-hybridized carbons (Fsp3) is 0.261. The fourth-order valence-corrected chi connectivity index (χ4v) is 4.74. The van der Waals surface area contributed by atoms with Crippen molar-refractivity contribution in [2.75, 3.05) is 0 Å². The number of aromatic nitrogens is 4. The van der Waals surface area contributed by atoms with Gasteiger partial charge in [-0.2, -0.15) is 17.9 Å². The van der Waals surface area contributed by atoms with E-state index in [1.54, 1.807) is 6.92 Å². The van der Waals surface area contributed by atoms with Crippen LogP contribution in [0, 0.1) is 5.82 Å². The van der Waals surface area contributed by atoms with E-state index in [9.17, 15) is 27.5 Å². The third-order valence-corrected chi connectivity index (χ3v) is 6.85. The number of pyridine rings is 1. The second-order valence-electron chi connectivity index (χ2n) is 7.63. The Labute approximate surface area is 211 Å². The summed E-state index contributed by atoms with van der Waals surface area (Å²) < 4.78 is 62.2. The number of nitrogens with zero attached hydrogens (tertiary/aromatic N) is 4. The summed E-state index contributed by atoms with van der Waals surface area (Å²) >= 11 is 6.98. The van der Waals surface area contributed by atoms with Gasteiger partial charge in [-0.05, 0) is 43.5 Å². The lowest BCUT2D eigenvalue weighted by molar-refractivity contribution is -0.189. The predicted octanol–water partition coefficient (Wildman–Crippen LogP) is 5.37. The number of halogens is 5. The highest BCUT2D eigenvalue weighted by molar-refractivity contribution is 7.99. The number of fused-ring (bicyclic) bond motifs is 1. The zero-order valence-electron chi connectivity index (χ0n) is 18.9. The van der Waals surface area contributed by atoms with E-state index in [-0.39, 0.29) is 44.1 Å². The molecule has 13 heteroatoms. The van der Waals surface area contributed by atoms with Gasteiger partial charge in [-0.3, -0.25) is 4.57 Å². The van der Waals surface area contributed by atoms with Crippen LogP contribution in [0.4, 0.5) is 17.6 Å². The van der Waals surface area contributed by atoms with E-state index in [1.165, 1.54) is 47.2 Å². The van der Waals surface area contributed by atoms with E-state index in [2.05, 4.69) is 10.1 Å². The molecule has 0 saturated carbocycles. The van der Waals surface area contributed by atoms with Crippen LogP contribution in [-0.4, -0.2) is 36.7 Å². The van der Waals surface area contributed by atoms with Crippen LogP contribution in [0.15, 0.2) is 57.3 Å². The van der Waals surface area contributed by atoms with Crippen molar-refractivity contribution in [3.63, 3.8) is 0 Å². The number of alkyl halides is 3. The first-order valence-corrected chi connectivity index (χ1v) is 11.8. The molecule has 36 heavy (non-hydrogen) atoms. The molecule has 190 valence electrons. The van der Waals surface area contributed by atoms with Gasteiger partial charge < -0.3 is 9.84 Å². The molecule has 4 rings (SSSR count). The molecule has 0 radical (unpaired) electrons. The molecule has 1 N–H and O–H groups in total. The topological polar surface area (TPSA) is 82.2 Å². The minimum Gasteiger partial charge on any atom is -0.480 e. The summed E-state index contributed by atoms with van der Waals surface area (Å²) in [6.45, 7) is 2.25. The van der Waals surface area contributed by atoms with E-state index < -0.39 is 30.4 Å². The number of aliphatic hydroxyl groups excluding tert-OH is 1. The summed E-state index contributed by atoms with van der Waals surface area (Å²) in [7, 11) is 0. The van der Waals surface area contributed by atoms with Gasteiger partial charge in [-0.25, -0.2) is 14.2 Å². The summed E-state index contributed by atoms with van der Waals surface area (Å²) in [5, 5.41) is 14.5. The Morgan fingerprint density at radius 3 is 2.61 bits per heavy atom. The molecule has 0 amide bonds. The average Bonchev–Trinajstić information content (AvgIpc) is 3.16. The normalized spacial score (nSPS) is 12.8. The summed E-state index contributed by atoms with van der Waals surface area (Å²) in [6.07, 6.45) is -5.49. The molecule has 7 nitrogen and oxygen atoms in total. The Bertz CT molecular complexity index is 1470. The third-order valence-electron chi connectivity index (χ3n) is 5.30. The SMILES string of the molecule is CCn1c(CO)nn(-c2cc(OC(C)C(F)(F)F)c3c(Sc4c(F)cccc4Cl)nccc3c2)c1=O. The first kappa shape index (κ1) is 26.0. The number of aliphatic hydroxyl groups is 1. The van der Waals surface area contributed by atoms with Gasteiger partial charge in [0.25, 0.3) is 0 Å². The molecule has 1 unspecified atom stereocenters. The van der Waals surface area contributed by atoms with Gasteiger partial charge in [0, 0.05) is 18.8 Å². The van der Waals surface area contributed by atoms with Gasteiger partial charge in [0.2, 0.25) is 0 Å². The molecule has 0 spiro atoms. The molecule has 0 aliphatic rings. The first-order valence-electron chi connectivity index (χ1n) is 10.6. The largest absolute Gasteiger partial charge is 0.480 e. The van der Waals surface area contributed by atoms with Crippen molar-refractivity contribution in [1.82, 2.24) is 19.3 Å². The van der Waals surface area contributed by atoms with Crippen molar-refractivity contribution in [1.29, 1.82) is 0 Å². The van der Waals surface area contributed by atoms with Gasteiger partial charge in [0.1, 0.15) is 23.2 Å². The monoisotopic (exact) mass is 542 g/mol. The fourth-order valence-electron chi connectivity index (χ4n) is 3.50. The van der Waals surface area contributed by atoms with Crippen molar-refractivity contribution in [2.24, 2.45) is 0 Å². The molecule has 2 aromatic heterocycles. The number of rotatable bonds is 7. The van der Waals surface area contributed by atoms with Crippen LogP contribution in [0.5, 0.6) is 5.75 Å². The summed E-state index contributed by atoms with van der Waals surface area (Å²) in [5.74, 6) is -0.769. The smallest absolute Gasteiger partial charge is 0.425 e. The van der Waals surface area contributed by atoms with Crippen LogP contribution in [-0.2, 0) is 13.2 Å². The molecule has 0 fully saturated rings. The predicted molar refractivity (Wildman–Crippen MR) is 126 cm³/mol. The summed E-state index contributed by atoms with van der Waals surface area (Å²) in [6, 6.07) is 8.38. The zero-order valence-corrected chi connectivity index (χ0v) is 20.5. The molecular formula is C23H19ClF4N4O3S. The highest BCUT2D eigenvalue weighted by Gasteiger charge is 2.38.